The maximum absolute atomic E-state index is 5.69. The standard InChI is InChI=1S/C35H52S/c1-3-5-7-8-9-10-11-12-13-14-15-16-18-20-31-24-27-34(28-25-31)35(36)29-26-33-23-19-22-32(30-33)21-17-6-4-2/h19,22-30H,3-18,20-21H2,1-2H3. The van der Waals surface area contributed by atoms with Gasteiger partial charge in [0.05, 0.1) is 0 Å². The van der Waals surface area contributed by atoms with E-state index in [9.17, 15) is 0 Å². The van der Waals surface area contributed by atoms with Gasteiger partial charge in [-0.3, -0.25) is 0 Å². The second-order valence-corrected chi connectivity index (χ2v) is 11.0. The molecule has 2 rings (SSSR count). The second kappa shape index (κ2) is 20.3. The predicted octanol–water partition coefficient (Wildman–Crippen LogP) is 11.5. The molecule has 0 amide bonds. The van der Waals surface area contributed by atoms with E-state index in [1.807, 2.05) is 0 Å². The lowest BCUT2D eigenvalue weighted by Gasteiger charge is -2.05. The Morgan fingerprint density at radius 1 is 0.583 bits per heavy atom. The Bertz CT molecular complexity index is 845. The fourth-order valence-electron chi connectivity index (χ4n) is 4.88. The van der Waals surface area contributed by atoms with E-state index in [2.05, 4.69) is 74.5 Å². The molecule has 0 nitrogen and oxygen atoms in total. The first kappa shape index (κ1) is 30.5. The van der Waals surface area contributed by atoms with Gasteiger partial charge in [0, 0.05) is 4.86 Å². The van der Waals surface area contributed by atoms with Crippen LogP contribution in [0.2, 0.25) is 0 Å². The molecule has 2 aromatic carbocycles. The summed E-state index contributed by atoms with van der Waals surface area (Å²) in [7, 11) is 0. The van der Waals surface area contributed by atoms with Gasteiger partial charge in [-0.25, -0.2) is 0 Å². The van der Waals surface area contributed by atoms with Crippen molar-refractivity contribution >= 4 is 23.2 Å². The third-order valence-electron chi connectivity index (χ3n) is 7.25. The molecule has 0 aliphatic rings. The molecule has 0 atom stereocenters. The molecule has 0 N–H and O–H groups in total. The number of hydrogen-bond acceptors (Lipinski definition) is 1. The normalized spacial score (nSPS) is 11.4. The van der Waals surface area contributed by atoms with Crippen molar-refractivity contribution in [3.8, 4) is 0 Å². The van der Waals surface area contributed by atoms with Crippen molar-refractivity contribution in [3.05, 3.63) is 76.9 Å². The molecule has 1 heteroatoms. The van der Waals surface area contributed by atoms with Crippen LogP contribution in [-0.2, 0) is 12.8 Å². The van der Waals surface area contributed by atoms with Crippen LogP contribution in [0.1, 0.15) is 139 Å². The summed E-state index contributed by atoms with van der Waals surface area (Å²) >= 11 is 5.69. The monoisotopic (exact) mass is 504 g/mol. The third kappa shape index (κ3) is 14.1. The van der Waals surface area contributed by atoms with Crippen molar-refractivity contribution in [3.63, 3.8) is 0 Å². The zero-order valence-electron chi connectivity index (χ0n) is 23.4. The Morgan fingerprint density at radius 3 is 1.69 bits per heavy atom. The number of rotatable bonds is 21. The Morgan fingerprint density at radius 2 is 1.08 bits per heavy atom. The third-order valence-corrected chi connectivity index (χ3v) is 7.63. The number of thiocarbonyl (C=S) groups is 1. The quantitative estimate of drug-likeness (QED) is 0.0705. The fraction of sp³-hybridized carbons (Fsp3) is 0.571. The molecule has 0 aromatic heterocycles. The summed E-state index contributed by atoms with van der Waals surface area (Å²) < 4.78 is 0. The van der Waals surface area contributed by atoms with Crippen LogP contribution in [0.25, 0.3) is 6.08 Å². The molecule has 36 heavy (non-hydrogen) atoms. The summed E-state index contributed by atoms with van der Waals surface area (Å²) in [6.45, 7) is 4.55. The predicted molar refractivity (Wildman–Crippen MR) is 166 cm³/mol. The molecule has 0 heterocycles. The number of aryl methyl sites for hydroxylation is 2. The van der Waals surface area contributed by atoms with Crippen molar-refractivity contribution < 1.29 is 0 Å². The summed E-state index contributed by atoms with van der Waals surface area (Å²) in [4.78, 5) is 0.916. The molecule has 0 fully saturated rings. The minimum absolute atomic E-state index is 0.916. The lowest BCUT2D eigenvalue weighted by atomic mass is 10.0. The average Bonchev–Trinajstić information content (AvgIpc) is 2.91. The van der Waals surface area contributed by atoms with Crippen LogP contribution in [0.4, 0.5) is 0 Å². The van der Waals surface area contributed by atoms with E-state index in [1.165, 1.54) is 132 Å². The maximum atomic E-state index is 5.69. The van der Waals surface area contributed by atoms with Crippen LogP contribution in [0, 0.1) is 0 Å². The van der Waals surface area contributed by atoms with E-state index in [4.69, 9.17) is 12.2 Å². The van der Waals surface area contributed by atoms with Crippen molar-refractivity contribution in [2.75, 3.05) is 0 Å². The summed E-state index contributed by atoms with van der Waals surface area (Å²) in [5.41, 5.74) is 5.25. The zero-order chi connectivity index (χ0) is 25.7. The van der Waals surface area contributed by atoms with Crippen LogP contribution in [0.3, 0.4) is 0 Å². The van der Waals surface area contributed by atoms with Crippen LogP contribution in [0.15, 0.2) is 54.6 Å². The molecule has 0 saturated carbocycles. The summed E-state index contributed by atoms with van der Waals surface area (Å²) in [6.07, 6.45) is 28.8. The van der Waals surface area contributed by atoms with Crippen LogP contribution in [-0.4, -0.2) is 4.86 Å². The largest absolute Gasteiger partial charge is 0.0795 e. The number of unbranched alkanes of at least 4 members (excludes halogenated alkanes) is 14. The van der Waals surface area contributed by atoms with Gasteiger partial charge in [-0.05, 0) is 54.0 Å². The topological polar surface area (TPSA) is 0 Å². The first-order valence-electron chi connectivity index (χ1n) is 15.1. The molecule has 0 radical (unpaired) electrons. The van der Waals surface area contributed by atoms with Crippen LogP contribution < -0.4 is 0 Å². The SMILES string of the molecule is CCCCCCCCCCCCCCCc1ccc(C(=S)C=Cc2cccc(CCCCC)c2)cc1. The van der Waals surface area contributed by atoms with Gasteiger partial charge < -0.3 is 0 Å². The van der Waals surface area contributed by atoms with Gasteiger partial charge in [0.2, 0.25) is 0 Å². The Kier molecular flexibility index (Phi) is 17.2. The molecule has 0 spiro atoms. The Balaban J connectivity index is 1.58. The van der Waals surface area contributed by atoms with E-state index in [-0.39, 0.29) is 0 Å². The van der Waals surface area contributed by atoms with Crippen molar-refractivity contribution in [1.82, 2.24) is 0 Å². The maximum Gasteiger partial charge on any atom is 0.0449 e. The van der Waals surface area contributed by atoms with E-state index < -0.39 is 0 Å². The lowest BCUT2D eigenvalue weighted by molar-refractivity contribution is 0.539. The number of allylic oxidation sites excluding steroid dienone is 1. The minimum atomic E-state index is 0.916. The summed E-state index contributed by atoms with van der Waals surface area (Å²) in [6, 6.07) is 17.8. The number of hydrogen-bond donors (Lipinski definition) is 0. The number of benzene rings is 2. The van der Waals surface area contributed by atoms with Crippen LogP contribution >= 0.6 is 12.2 Å². The molecule has 0 aliphatic carbocycles. The van der Waals surface area contributed by atoms with Gasteiger partial charge in [-0.15, -0.1) is 0 Å². The molecular weight excluding hydrogens is 452 g/mol. The molecular formula is C35H52S. The van der Waals surface area contributed by atoms with Crippen LogP contribution in [0.5, 0.6) is 0 Å². The smallest absolute Gasteiger partial charge is 0.0449 e. The van der Waals surface area contributed by atoms with Gasteiger partial charge >= 0.3 is 0 Å². The highest BCUT2D eigenvalue weighted by Crippen LogP contribution is 2.16. The van der Waals surface area contributed by atoms with Crippen molar-refractivity contribution in [1.29, 1.82) is 0 Å². The van der Waals surface area contributed by atoms with Crippen molar-refractivity contribution in [2.24, 2.45) is 0 Å². The molecule has 2 aromatic rings. The van der Waals surface area contributed by atoms with E-state index in [1.54, 1.807) is 0 Å². The van der Waals surface area contributed by atoms with E-state index in [0.717, 1.165) is 10.4 Å². The molecule has 0 unspecified atom stereocenters. The highest BCUT2D eigenvalue weighted by molar-refractivity contribution is 7.81. The van der Waals surface area contributed by atoms with Gasteiger partial charge in [0.15, 0.2) is 0 Å². The summed E-state index contributed by atoms with van der Waals surface area (Å²) in [5, 5.41) is 0. The zero-order valence-corrected chi connectivity index (χ0v) is 24.2. The van der Waals surface area contributed by atoms with Gasteiger partial charge in [-0.2, -0.15) is 0 Å². The molecule has 0 aliphatic heterocycles. The van der Waals surface area contributed by atoms with Crippen molar-refractivity contribution in [2.45, 2.75) is 129 Å². The van der Waals surface area contributed by atoms with Gasteiger partial charge in [0.25, 0.3) is 0 Å². The Hall–Kier alpha value is -1.73. The first-order valence-corrected chi connectivity index (χ1v) is 15.5. The van der Waals surface area contributed by atoms with E-state index >= 15 is 0 Å². The Labute approximate surface area is 229 Å². The minimum Gasteiger partial charge on any atom is -0.0795 e. The van der Waals surface area contributed by atoms with E-state index in [0.29, 0.717) is 0 Å². The first-order chi connectivity index (χ1) is 17.7. The van der Waals surface area contributed by atoms with Gasteiger partial charge in [-0.1, -0.05) is 171 Å². The fourth-order valence-corrected chi connectivity index (χ4v) is 5.09. The highest BCUT2D eigenvalue weighted by atomic mass is 32.1. The highest BCUT2D eigenvalue weighted by Gasteiger charge is 2.00. The molecule has 0 saturated heterocycles. The molecule has 198 valence electrons. The van der Waals surface area contributed by atoms with Gasteiger partial charge in [0.1, 0.15) is 0 Å². The lowest BCUT2D eigenvalue weighted by Crippen LogP contribution is -1.94. The average molecular weight is 505 g/mol. The molecule has 0 bridgehead atoms. The second-order valence-electron chi connectivity index (χ2n) is 10.6. The summed E-state index contributed by atoms with van der Waals surface area (Å²) in [5.74, 6) is 0.